The van der Waals surface area contributed by atoms with Crippen LogP contribution in [0.25, 0.3) is 11.0 Å². The van der Waals surface area contributed by atoms with Crippen molar-refractivity contribution >= 4 is 22.6 Å². The Morgan fingerprint density at radius 2 is 1.89 bits per heavy atom. The molecule has 1 aromatic carbocycles. The second-order valence-electron chi connectivity index (χ2n) is 4.94. The fraction of sp³-hybridized carbons (Fsp3) is 0.500. The second-order valence-corrected chi connectivity index (χ2v) is 5.38. The molecule has 0 bridgehead atoms. The molecule has 1 unspecified atom stereocenters. The fourth-order valence-corrected chi connectivity index (χ4v) is 2.85. The Balaban J connectivity index is 2.38. The summed E-state index contributed by atoms with van der Waals surface area (Å²) in [5, 5.41) is 5.38. The maximum Gasteiger partial charge on any atom is 0.134 e. The van der Waals surface area contributed by atoms with Gasteiger partial charge in [0.2, 0.25) is 0 Å². The number of halogens is 1. The number of furan rings is 1. The van der Waals surface area contributed by atoms with E-state index in [-0.39, 0.29) is 6.04 Å². The predicted molar refractivity (Wildman–Crippen MR) is 81.7 cm³/mol. The van der Waals surface area contributed by atoms with Crippen molar-refractivity contribution in [2.45, 2.75) is 39.7 Å². The topological polar surface area (TPSA) is 25.2 Å². The third-order valence-corrected chi connectivity index (χ3v) is 3.98. The zero-order valence-corrected chi connectivity index (χ0v) is 12.6. The van der Waals surface area contributed by atoms with Gasteiger partial charge in [-0.05, 0) is 36.7 Å². The van der Waals surface area contributed by atoms with E-state index < -0.39 is 0 Å². The summed E-state index contributed by atoms with van der Waals surface area (Å²) >= 11 is 6.03. The smallest absolute Gasteiger partial charge is 0.134 e. The summed E-state index contributed by atoms with van der Waals surface area (Å²) in [5.41, 5.74) is 0.910. The molecular weight excluding hydrogens is 258 g/mol. The summed E-state index contributed by atoms with van der Waals surface area (Å²) in [7, 11) is 0. The van der Waals surface area contributed by atoms with E-state index in [1.165, 1.54) is 0 Å². The van der Waals surface area contributed by atoms with Gasteiger partial charge in [-0.25, -0.2) is 0 Å². The standard InChI is InChI=1S/C16H22ClNO/c1-4-11(5-2)16(18-6-3)15-10-12-9-13(17)7-8-14(12)19-15/h7-11,16,18H,4-6H2,1-3H3. The van der Waals surface area contributed by atoms with Gasteiger partial charge in [0, 0.05) is 10.4 Å². The van der Waals surface area contributed by atoms with Gasteiger partial charge >= 0.3 is 0 Å². The molecule has 0 aliphatic heterocycles. The Morgan fingerprint density at radius 1 is 1.16 bits per heavy atom. The predicted octanol–water partition coefficient (Wildman–Crippen LogP) is 5.17. The first-order valence-electron chi connectivity index (χ1n) is 7.11. The highest BCUT2D eigenvalue weighted by molar-refractivity contribution is 6.31. The zero-order chi connectivity index (χ0) is 13.8. The summed E-state index contributed by atoms with van der Waals surface area (Å²) < 4.78 is 6.00. The Morgan fingerprint density at radius 3 is 2.53 bits per heavy atom. The number of hydrogen-bond acceptors (Lipinski definition) is 2. The molecule has 0 amide bonds. The molecule has 0 aliphatic carbocycles. The van der Waals surface area contributed by atoms with Crippen LogP contribution in [0.4, 0.5) is 0 Å². The maximum absolute atomic E-state index is 6.03. The monoisotopic (exact) mass is 279 g/mol. The van der Waals surface area contributed by atoms with Crippen LogP contribution in [-0.2, 0) is 0 Å². The van der Waals surface area contributed by atoms with Crippen LogP contribution in [0.3, 0.4) is 0 Å². The normalized spacial score (nSPS) is 13.3. The van der Waals surface area contributed by atoms with E-state index in [0.29, 0.717) is 5.92 Å². The van der Waals surface area contributed by atoms with Crippen LogP contribution in [0.5, 0.6) is 0 Å². The highest BCUT2D eigenvalue weighted by Gasteiger charge is 2.23. The fourth-order valence-electron chi connectivity index (χ4n) is 2.67. The van der Waals surface area contributed by atoms with Crippen molar-refractivity contribution in [1.29, 1.82) is 0 Å². The van der Waals surface area contributed by atoms with Gasteiger partial charge in [-0.1, -0.05) is 45.2 Å². The van der Waals surface area contributed by atoms with Crippen molar-refractivity contribution in [3.8, 4) is 0 Å². The molecule has 0 aliphatic rings. The summed E-state index contributed by atoms with van der Waals surface area (Å²) in [6.45, 7) is 7.55. The van der Waals surface area contributed by atoms with Crippen LogP contribution in [0.2, 0.25) is 5.02 Å². The maximum atomic E-state index is 6.03. The molecule has 1 aromatic heterocycles. The average Bonchev–Trinajstić information content (AvgIpc) is 2.81. The number of rotatable bonds is 6. The molecule has 2 aromatic rings. The van der Waals surface area contributed by atoms with Gasteiger partial charge in [0.1, 0.15) is 11.3 Å². The van der Waals surface area contributed by atoms with E-state index in [0.717, 1.165) is 41.1 Å². The lowest BCUT2D eigenvalue weighted by Crippen LogP contribution is -2.27. The summed E-state index contributed by atoms with van der Waals surface area (Å²) in [6.07, 6.45) is 2.29. The Labute approximate surface area is 120 Å². The first kappa shape index (κ1) is 14.4. The first-order chi connectivity index (χ1) is 9.19. The van der Waals surface area contributed by atoms with E-state index in [9.17, 15) is 0 Å². The molecule has 1 N–H and O–H groups in total. The minimum Gasteiger partial charge on any atom is -0.459 e. The van der Waals surface area contributed by atoms with E-state index in [4.69, 9.17) is 16.0 Å². The average molecular weight is 280 g/mol. The third kappa shape index (κ3) is 3.13. The van der Waals surface area contributed by atoms with Gasteiger partial charge in [-0.2, -0.15) is 0 Å². The van der Waals surface area contributed by atoms with Crippen LogP contribution < -0.4 is 5.32 Å². The van der Waals surface area contributed by atoms with Crippen LogP contribution in [0.15, 0.2) is 28.7 Å². The molecule has 0 radical (unpaired) electrons. The minimum atomic E-state index is 0.283. The van der Waals surface area contributed by atoms with Crippen molar-refractivity contribution in [2.24, 2.45) is 5.92 Å². The van der Waals surface area contributed by atoms with Crippen LogP contribution in [-0.4, -0.2) is 6.54 Å². The van der Waals surface area contributed by atoms with Gasteiger partial charge in [0.15, 0.2) is 0 Å². The van der Waals surface area contributed by atoms with E-state index in [2.05, 4.69) is 32.2 Å². The molecule has 0 saturated heterocycles. The van der Waals surface area contributed by atoms with Gasteiger partial charge in [-0.15, -0.1) is 0 Å². The van der Waals surface area contributed by atoms with Crippen LogP contribution >= 0.6 is 11.6 Å². The van der Waals surface area contributed by atoms with Crippen molar-refractivity contribution in [2.75, 3.05) is 6.54 Å². The Bertz CT molecular complexity index is 531. The summed E-state index contributed by atoms with van der Waals surface area (Å²) in [5.74, 6) is 1.61. The number of nitrogens with one attached hydrogen (secondary N) is 1. The third-order valence-electron chi connectivity index (χ3n) is 3.75. The molecule has 1 heterocycles. The van der Waals surface area contributed by atoms with Gasteiger partial charge in [0.05, 0.1) is 6.04 Å². The molecular formula is C16H22ClNO. The van der Waals surface area contributed by atoms with E-state index in [1.807, 2.05) is 18.2 Å². The largest absolute Gasteiger partial charge is 0.459 e. The van der Waals surface area contributed by atoms with Gasteiger partial charge in [0.25, 0.3) is 0 Å². The number of hydrogen-bond donors (Lipinski definition) is 1. The van der Waals surface area contributed by atoms with Crippen molar-refractivity contribution < 1.29 is 4.42 Å². The van der Waals surface area contributed by atoms with E-state index in [1.54, 1.807) is 0 Å². The molecule has 2 rings (SSSR count). The molecule has 0 fully saturated rings. The highest BCUT2D eigenvalue weighted by atomic mass is 35.5. The molecule has 0 saturated carbocycles. The minimum absolute atomic E-state index is 0.283. The quantitative estimate of drug-likeness (QED) is 0.789. The van der Waals surface area contributed by atoms with Crippen molar-refractivity contribution in [3.63, 3.8) is 0 Å². The van der Waals surface area contributed by atoms with Crippen LogP contribution in [0, 0.1) is 5.92 Å². The highest BCUT2D eigenvalue weighted by Crippen LogP contribution is 2.32. The second kappa shape index (κ2) is 6.44. The van der Waals surface area contributed by atoms with E-state index >= 15 is 0 Å². The molecule has 3 heteroatoms. The SMILES string of the molecule is CCNC(c1cc2cc(Cl)ccc2o1)C(CC)CC. The van der Waals surface area contributed by atoms with Crippen molar-refractivity contribution in [1.82, 2.24) is 5.32 Å². The zero-order valence-electron chi connectivity index (χ0n) is 11.9. The Kier molecular flexibility index (Phi) is 4.89. The Hall–Kier alpha value is -0.990. The van der Waals surface area contributed by atoms with Crippen LogP contribution in [0.1, 0.15) is 45.4 Å². The number of benzene rings is 1. The number of fused-ring (bicyclic) bond motifs is 1. The van der Waals surface area contributed by atoms with Crippen molar-refractivity contribution in [3.05, 3.63) is 35.0 Å². The lowest BCUT2D eigenvalue weighted by atomic mass is 9.92. The molecule has 19 heavy (non-hydrogen) atoms. The molecule has 2 nitrogen and oxygen atoms in total. The summed E-state index contributed by atoms with van der Waals surface area (Å²) in [4.78, 5) is 0. The van der Waals surface area contributed by atoms with Gasteiger partial charge in [-0.3, -0.25) is 0 Å². The molecule has 104 valence electrons. The lowest BCUT2D eigenvalue weighted by molar-refractivity contribution is 0.304. The molecule has 0 spiro atoms. The van der Waals surface area contributed by atoms with Gasteiger partial charge < -0.3 is 9.73 Å². The summed E-state index contributed by atoms with van der Waals surface area (Å²) in [6, 6.07) is 8.17. The molecule has 1 atom stereocenters. The first-order valence-corrected chi connectivity index (χ1v) is 7.49. The lowest BCUT2D eigenvalue weighted by Gasteiger charge is -2.24.